The molecule has 0 amide bonds. The first-order valence-corrected chi connectivity index (χ1v) is 26.1. The van der Waals surface area contributed by atoms with Gasteiger partial charge in [0, 0.05) is 39.5 Å². The van der Waals surface area contributed by atoms with Gasteiger partial charge in [0.1, 0.15) is 0 Å². The third-order valence-corrected chi connectivity index (χ3v) is 12.1. The molecule has 8 rings (SSSR count). The zero-order valence-corrected chi connectivity index (χ0v) is 73.1. The van der Waals surface area contributed by atoms with Crippen molar-refractivity contribution in [3.8, 4) is 5.75 Å². The molecule has 2 aliphatic rings. The summed E-state index contributed by atoms with van der Waals surface area (Å²) in [6.07, 6.45) is 13.8. The molecule has 6 aromatic rings. The van der Waals surface area contributed by atoms with Crippen molar-refractivity contribution in [2.75, 3.05) is 0 Å². The molecule has 2 saturated carbocycles. The SMILES string of the molecule is CC(C)(C)C(=O)[O-].O=C(O)c1ccccc1[O-].O=C([O-])C1CCCCC1.O=C([O-])CCCC1CCCCC1.O=C([O-])c1ccc(Cl)cc1.O=C([O-])c1ccc2ccccc2c1.O=C([O-])c1ccccc1.O=C([O-])c1ccccc1C(=O)[O-].[Na+].[Na+].[Na+].[Na+].[Na+].[Na+].[Na+].[Na+].[Na+]. The van der Waals surface area contributed by atoms with E-state index in [1.807, 2.05) is 24.3 Å². The number of rotatable bonds is 11. The Bertz CT molecular complexity index is 2980. The summed E-state index contributed by atoms with van der Waals surface area (Å²) in [6, 6.07) is 37.1. The van der Waals surface area contributed by atoms with Crippen LogP contribution < -0.4 is 312 Å². The van der Waals surface area contributed by atoms with E-state index >= 15 is 0 Å². The summed E-state index contributed by atoms with van der Waals surface area (Å²) in [5, 5.41) is 103. The van der Waals surface area contributed by atoms with Crippen molar-refractivity contribution in [3.05, 3.63) is 184 Å². The zero-order chi connectivity index (χ0) is 61.8. The zero-order valence-electron chi connectivity index (χ0n) is 54.4. The van der Waals surface area contributed by atoms with Gasteiger partial charge in [-0.3, -0.25) is 0 Å². The fraction of sp³-hybridized carbons (Fsp3) is 0.306. The predicted molar refractivity (Wildman–Crippen MR) is 284 cm³/mol. The smallest absolute Gasteiger partial charge is 0.872 e. The average Bonchev–Trinajstić information content (AvgIpc) is 1.63. The molecule has 2 fully saturated rings. The molecule has 19 nitrogen and oxygen atoms in total. The van der Waals surface area contributed by atoms with E-state index in [0.717, 1.165) is 67.3 Å². The Hall–Kier alpha value is -0.100. The molecule has 0 unspecified atom stereocenters. The minimum atomic E-state index is -1.52. The number of hydrogen-bond donors (Lipinski definition) is 1. The summed E-state index contributed by atoms with van der Waals surface area (Å²) in [7, 11) is 0. The number of carbonyl (C=O) groups excluding carboxylic acids is 8. The number of halogens is 1. The summed E-state index contributed by atoms with van der Waals surface area (Å²) >= 11 is 5.50. The average molecular weight is 1350 g/mol. The molecular formula is C62H62ClNa9O19. The molecule has 0 aliphatic heterocycles. The monoisotopic (exact) mass is 1350 g/mol. The van der Waals surface area contributed by atoms with Crippen LogP contribution in [0.25, 0.3) is 10.8 Å². The number of carbonyl (C=O) groups is 9. The van der Waals surface area contributed by atoms with Crippen molar-refractivity contribution in [1.82, 2.24) is 0 Å². The van der Waals surface area contributed by atoms with Gasteiger partial charge in [-0.1, -0.05) is 217 Å². The van der Waals surface area contributed by atoms with E-state index in [2.05, 4.69) is 0 Å². The molecule has 0 bridgehead atoms. The van der Waals surface area contributed by atoms with E-state index in [1.54, 1.807) is 57.2 Å². The largest absolute Gasteiger partial charge is 1.00 e. The van der Waals surface area contributed by atoms with Gasteiger partial charge in [0.2, 0.25) is 0 Å². The van der Waals surface area contributed by atoms with E-state index in [0.29, 0.717) is 5.02 Å². The van der Waals surface area contributed by atoms with E-state index in [4.69, 9.17) is 16.7 Å². The minimum Gasteiger partial charge on any atom is -0.872 e. The molecular weight excluding hydrogens is 1290 g/mol. The molecule has 0 radical (unpaired) electrons. The molecule has 0 heterocycles. The predicted octanol–water partition coefficient (Wildman–Crippen LogP) is -24.5. The van der Waals surface area contributed by atoms with Crippen LogP contribution in [0.1, 0.15) is 166 Å². The van der Waals surface area contributed by atoms with Crippen molar-refractivity contribution in [1.29, 1.82) is 0 Å². The van der Waals surface area contributed by atoms with E-state index < -0.39 is 64.9 Å². The molecule has 0 spiro atoms. The third-order valence-electron chi connectivity index (χ3n) is 11.8. The van der Waals surface area contributed by atoms with Crippen molar-refractivity contribution >= 4 is 76.1 Å². The number of aromatic carboxylic acids is 6. The van der Waals surface area contributed by atoms with Gasteiger partial charge >= 0.3 is 272 Å². The summed E-state index contributed by atoms with van der Waals surface area (Å²) < 4.78 is 0. The molecule has 0 atom stereocenters. The second-order valence-electron chi connectivity index (χ2n) is 19.2. The Morgan fingerprint density at radius 2 is 0.802 bits per heavy atom. The van der Waals surface area contributed by atoms with Crippen LogP contribution >= 0.6 is 11.6 Å². The van der Waals surface area contributed by atoms with Crippen molar-refractivity contribution < 1.29 is 360 Å². The van der Waals surface area contributed by atoms with Gasteiger partial charge in [0.15, 0.2) is 0 Å². The maximum Gasteiger partial charge on any atom is 1.00 e. The standard InChI is InChI=1S/C11H8O2.C10H18O2.C8H6O4.C7H5ClO2.C7H6O3.C7H12O2.C7H6O2.C5H10O2.9Na/c12-11(13)10-6-5-8-3-1-2-4-9(8)7-10;11-10(12)8-4-7-9-5-2-1-3-6-9;9-7(10)5-3-1-2-4-6(5)8(11)12;8-6-3-1-5(2-4-6)7(9)10;8-6-4-2-1-3-5(6)7(9)10;2*8-7(9)6-4-2-1-3-5-6;1-5(2,3)4(6)7;;;;;;;;;/h1-7H,(H,12,13);9H,1-8H2,(H,11,12);1-4H,(H,9,10)(H,11,12);1-4H,(H,9,10);1-4,8H,(H,9,10);6H,1-5H2,(H,8,9);1-5H,(H,8,9);1-3H3,(H,6,7);;;;;;;;;/q;;;;;;;;9*+1/p-9. The maximum atomic E-state index is 10.7. The Labute approximate surface area is 735 Å². The fourth-order valence-corrected chi connectivity index (χ4v) is 7.43. The Kier molecular flexibility index (Phi) is 76.3. The van der Waals surface area contributed by atoms with Gasteiger partial charge in [-0.2, -0.15) is 0 Å². The summed E-state index contributed by atoms with van der Waals surface area (Å²) in [4.78, 5) is 91.9. The van der Waals surface area contributed by atoms with Crippen LogP contribution in [0.2, 0.25) is 5.02 Å². The van der Waals surface area contributed by atoms with Crippen LogP contribution in [0.15, 0.2) is 146 Å². The molecule has 440 valence electrons. The number of aliphatic carboxylic acids is 3. The second kappa shape index (κ2) is 63.4. The molecule has 2 aliphatic carbocycles. The topological polar surface area (TPSA) is 381 Å². The van der Waals surface area contributed by atoms with Crippen LogP contribution in [0, 0.1) is 17.3 Å². The van der Waals surface area contributed by atoms with Crippen LogP contribution in [0.3, 0.4) is 0 Å². The van der Waals surface area contributed by atoms with Gasteiger partial charge in [0.25, 0.3) is 0 Å². The number of hydrogen-bond acceptors (Lipinski definition) is 18. The third kappa shape index (κ3) is 51.7. The normalized spacial score (nSPS) is 11.2. The van der Waals surface area contributed by atoms with Crippen LogP contribution in [0.5, 0.6) is 5.75 Å². The van der Waals surface area contributed by atoms with E-state index in [-0.39, 0.29) is 312 Å². The van der Waals surface area contributed by atoms with Gasteiger partial charge in [-0.25, -0.2) is 4.79 Å². The van der Waals surface area contributed by atoms with Crippen LogP contribution in [0.4, 0.5) is 0 Å². The van der Waals surface area contributed by atoms with Crippen molar-refractivity contribution in [3.63, 3.8) is 0 Å². The van der Waals surface area contributed by atoms with E-state index in [1.165, 1.54) is 111 Å². The minimum absolute atomic E-state index is 0. The number of para-hydroxylation sites is 1. The maximum absolute atomic E-state index is 10.7. The first-order valence-electron chi connectivity index (χ1n) is 25.7. The van der Waals surface area contributed by atoms with Gasteiger partial charge in [0.05, 0.1) is 35.4 Å². The van der Waals surface area contributed by atoms with Gasteiger partial charge in [-0.15, -0.1) is 0 Å². The second-order valence-corrected chi connectivity index (χ2v) is 19.6. The fourth-order valence-electron chi connectivity index (χ4n) is 7.31. The first kappa shape index (κ1) is 110. The van der Waals surface area contributed by atoms with E-state index in [9.17, 15) is 89.1 Å². The summed E-state index contributed by atoms with van der Waals surface area (Å²) in [5.41, 5.74) is -1.02. The van der Waals surface area contributed by atoms with Crippen molar-refractivity contribution in [2.24, 2.45) is 17.3 Å². The molecule has 1 N–H and O–H groups in total. The number of fused-ring (bicyclic) bond motifs is 1. The molecule has 6 aromatic carbocycles. The summed E-state index contributed by atoms with van der Waals surface area (Å²) in [5.74, 6) is -10.2. The number of benzene rings is 6. The Balaban J connectivity index is -0.000000120. The van der Waals surface area contributed by atoms with Gasteiger partial charge < -0.3 is 89.4 Å². The van der Waals surface area contributed by atoms with Crippen LogP contribution in [-0.4, -0.2) is 58.8 Å². The quantitative estimate of drug-likeness (QED) is 0.118. The first-order chi connectivity index (χ1) is 38.7. The molecule has 0 aromatic heterocycles. The molecule has 29 heteroatoms. The van der Waals surface area contributed by atoms with Crippen molar-refractivity contribution in [2.45, 2.75) is 104 Å². The number of carboxylic acids is 9. The molecule has 0 saturated heterocycles. The number of carboxylic acid groups (broad SMARTS) is 9. The Morgan fingerprint density at radius 1 is 0.440 bits per heavy atom. The molecule has 91 heavy (non-hydrogen) atoms. The van der Waals surface area contributed by atoms with Crippen LogP contribution in [-0.2, 0) is 14.4 Å². The summed E-state index contributed by atoms with van der Waals surface area (Å²) in [6.45, 7) is 4.80. The Morgan fingerprint density at radius 3 is 1.14 bits per heavy atom. The van der Waals surface area contributed by atoms with Gasteiger partial charge in [-0.05, 0) is 89.2 Å².